The summed E-state index contributed by atoms with van der Waals surface area (Å²) in [5, 5.41) is 7.02. The summed E-state index contributed by atoms with van der Waals surface area (Å²) in [4.78, 5) is 24.3. The number of anilines is 1. The molecule has 2 aromatic rings. The fourth-order valence-corrected chi connectivity index (χ4v) is 3.13. The van der Waals surface area contributed by atoms with E-state index in [0.29, 0.717) is 5.02 Å². The number of benzene rings is 2. The molecular weight excluding hydrogens is 441 g/mol. The molecule has 3 amide bonds. The third-order valence-electron chi connectivity index (χ3n) is 4.38. The van der Waals surface area contributed by atoms with Crippen molar-refractivity contribution in [2.24, 2.45) is 0 Å². The Hall–Kier alpha value is -3.18. The van der Waals surface area contributed by atoms with Gasteiger partial charge in [0.2, 0.25) is 0 Å². The van der Waals surface area contributed by atoms with Crippen LogP contribution in [0.1, 0.15) is 11.6 Å². The second-order valence-electron chi connectivity index (χ2n) is 6.51. The van der Waals surface area contributed by atoms with Gasteiger partial charge in [0.1, 0.15) is 5.75 Å². The van der Waals surface area contributed by atoms with Gasteiger partial charge in [-0.25, -0.2) is 15.0 Å². The monoisotopic (exact) mass is 458 g/mol. The Morgan fingerprint density at radius 2 is 1.77 bits per heavy atom. The van der Waals surface area contributed by atoms with Gasteiger partial charge in [0.15, 0.2) is 0 Å². The summed E-state index contributed by atoms with van der Waals surface area (Å²) in [7, 11) is 1.23. The lowest BCUT2D eigenvalue weighted by molar-refractivity contribution is -0.274. The van der Waals surface area contributed by atoms with Gasteiger partial charge in [-0.1, -0.05) is 23.7 Å². The highest BCUT2D eigenvalue weighted by Gasteiger charge is 2.37. The molecule has 8 nitrogen and oxygen atoms in total. The molecule has 1 fully saturated rings. The van der Waals surface area contributed by atoms with Crippen LogP contribution in [0.15, 0.2) is 48.5 Å². The predicted octanol–water partition coefficient (Wildman–Crippen LogP) is 4.06. The highest BCUT2D eigenvalue weighted by atomic mass is 35.5. The standard InChI is InChI=1S/C19H18ClF3N4O4/c1-30-18(29)25-15-10-27(26-16(15)11-2-4-12(20)5-3-11)17(28)24-13-6-8-14(9-7-13)31-19(21,22)23/h2-9,15-16,26H,10H2,1H3,(H,24,28)(H,25,29). The normalized spacial score (nSPS) is 18.4. The molecule has 0 saturated carbocycles. The zero-order valence-electron chi connectivity index (χ0n) is 16.1. The predicted molar refractivity (Wildman–Crippen MR) is 106 cm³/mol. The van der Waals surface area contributed by atoms with Gasteiger partial charge < -0.3 is 20.1 Å². The second kappa shape index (κ2) is 9.31. The zero-order chi connectivity index (χ0) is 22.6. The van der Waals surface area contributed by atoms with Crippen LogP contribution in [-0.2, 0) is 4.74 Å². The lowest BCUT2D eigenvalue weighted by atomic mass is 10.0. The second-order valence-corrected chi connectivity index (χ2v) is 6.95. The third-order valence-corrected chi connectivity index (χ3v) is 4.63. The Bertz CT molecular complexity index is 925. The van der Waals surface area contributed by atoms with E-state index in [1.54, 1.807) is 24.3 Å². The van der Waals surface area contributed by atoms with Crippen molar-refractivity contribution in [2.45, 2.75) is 18.4 Å². The number of hydrogen-bond acceptors (Lipinski definition) is 5. The van der Waals surface area contributed by atoms with Gasteiger partial charge >= 0.3 is 18.5 Å². The number of alkyl carbamates (subject to hydrolysis) is 1. The number of ether oxygens (including phenoxy) is 2. The first-order chi connectivity index (χ1) is 14.6. The Kier molecular flexibility index (Phi) is 6.76. The minimum atomic E-state index is -4.80. The maximum atomic E-state index is 12.6. The number of urea groups is 1. The van der Waals surface area contributed by atoms with Crippen molar-refractivity contribution in [2.75, 3.05) is 19.0 Å². The van der Waals surface area contributed by atoms with Crippen molar-refractivity contribution < 1.29 is 32.2 Å². The van der Waals surface area contributed by atoms with Crippen molar-refractivity contribution in [1.29, 1.82) is 0 Å². The largest absolute Gasteiger partial charge is 0.573 e. The summed E-state index contributed by atoms with van der Waals surface area (Å²) in [5.41, 5.74) is 4.03. The number of carbonyl (C=O) groups excluding carboxylic acids is 2. The summed E-state index contributed by atoms with van der Waals surface area (Å²) < 4.78 is 45.2. The van der Waals surface area contributed by atoms with E-state index in [-0.39, 0.29) is 12.2 Å². The zero-order valence-corrected chi connectivity index (χ0v) is 16.8. The third kappa shape index (κ3) is 6.15. The smallest absolute Gasteiger partial charge is 0.453 e. The topological polar surface area (TPSA) is 91.9 Å². The van der Waals surface area contributed by atoms with Gasteiger partial charge in [0, 0.05) is 10.7 Å². The Morgan fingerprint density at radius 3 is 2.35 bits per heavy atom. The maximum Gasteiger partial charge on any atom is 0.573 e. The average molecular weight is 459 g/mol. The molecule has 31 heavy (non-hydrogen) atoms. The van der Waals surface area contributed by atoms with Crippen LogP contribution in [0.2, 0.25) is 5.02 Å². The molecule has 166 valence electrons. The molecule has 2 aromatic carbocycles. The van der Waals surface area contributed by atoms with Crippen LogP contribution in [0.4, 0.5) is 28.4 Å². The average Bonchev–Trinajstić information content (AvgIpc) is 3.12. The number of nitrogens with one attached hydrogen (secondary N) is 3. The van der Waals surface area contributed by atoms with Crippen LogP contribution in [0.3, 0.4) is 0 Å². The van der Waals surface area contributed by atoms with Crippen LogP contribution >= 0.6 is 11.6 Å². The minimum absolute atomic E-state index is 0.101. The Balaban J connectivity index is 1.69. The molecule has 3 N–H and O–H groups in total. The van der Waals surface area contributed by atoms with Crippen LogP contribution in [0, 0.1) is 0 Å². The van der Waals surface area contributed by atoms with Crippen LogP contribution in [0.5, 0.6) is 5.75 Å². The van der Waals surface area contributed by atoms with Gasteiger partial charge in [-0.15, -0.1) is 13.2 Å². The van der Waals surface area contributed by atoms with Crippen LogP contribution in [-0.4, -0.2) is 43.2 Å². The van der Waals surface area contributed by atoms with E-state index in [2.05, 4.69) is 25.5 Å². The first kappa shape index (κ1) is 22.5. The first-order valence-corrected chi connectivity index (χ1v) is 9.33. The summed E-state index contributed by atoms with van der Waals surface area (Å²) in [6, 6.07) is 10.1. The number of hydrazine groups is 1. The molecule has 2 atom stereocenters. The highest BCUT2D eigenvalue weighted by molar-refractivity contribution is 6.30. The van der Waals surface area contributed by atoms with E-state index in [4.69, 9.17) is 11.6 Å². The highest BCUT2D eigenvalue weighted by Crippen LogP contribution is 2.27. The molecule has 0 radical (unpaired) electrons. The molecule has 1 saturated heterocycles. The summed E-state index contributed by atoms with van der Waals surface area (Å²) in [6.07, 6.45) is -5.46. The van der Waals surface area contributed by atoms with E-state index >= 15 is 0 Å². The quantitative estimate of drug-likeness (QED) is 0.642. The Morgan fingerprint density at radius 1 is 1.13 bits per heavy atom. The minimum Gasteiger partial charge on any atom is -0.453 e. The molecule has 1 aliphatic heterocycles. The Labute approximate surface area is 180 Å². The molecule has 1 aliphatic rings. The number of amides is 3. The van der Waals surface area contributed by atoms with Crippen LogP contribution in [0.25, 0.3) is 0 Å². The van der Waals surface area contributed by atoms with Gasteiger partial charge in [-0.2, -0.15) is 0 Å². The molecule has 1 heterocycles. The number of halogens is 4. The van der Waals surface area contributed by atoms with Crippen molar-refractivity contribution >= 4 is 29.4 Å². The number of hydrogen-bond donors (Lipinski definition) is 3. The molecular formula is C19H18ClF3N4O4. The first-order valence-electron chi connectivity index (χ1n) is 8.95. The summed E-state index contributed by atoms with van der Waals surface area (Å²) in [5.74, 6) is -0.407. The van der Waals surface area contributed by atoms with E-state index in [1.165, 1.54) is 24.3 Å². The SMILES string of the molecule is COC(=O)NC1CN(C(=O)Nc2ccc(OC(F)(F)F)cc2)NC1c1ccc(Cl)cc1. The fraction of sp³-hybridized carbons (Fsp3) is 0.263. The number of methoxy groups -OCH3 is 1. The van der Waals surface area contributed by atoms with E-state index in [9.17, 15) is 22.8 Å². The number of alkyl halides is 3. The molecule has 0 spiro atoms. The molecule has 12 heteroatoms. The molecule has 0 aromatic heterocycles. The fourth-order valence-electron chi connectivity index (χ4n) is 3.00. The molecule has 2 unspecified atom stereocenters. The summed E-state index contributed by atoms with van der Waals surface area (Å²) >= 11 is 5.92. The van der Waals surface area contributed by atoms with E-state index < -0.39 is 36.3 Å². The van der Waals surface area contributed by atoms with Gasteiger partial charge in [0.25, 0.3) is 0 Å². The maximum absolute atomic E-state index is 12.6. The lowest BCUT2D eigenvalue weighted by Crippen LogP contribution is -2.41. The summed E-state index contributed by atoms with van der Waals surface area (Å²) in [6.45, 7) is 0.101. The van der Waals surface area contributed by atoms with Crippen molar-refractivity contribution in [3.05, 3.63) is 59.1 Å². The molecule has 0 aliphatic carbocycles. The van der Waals surface area contributed by atoms with E-state index in [0.717, 1.165) is 17.7 Å². The van der Waals surface area contributed by atoms with Crippen LogP contribution < -0.4 is 20.8 Å². The number of carbonyl (C=O) groups is 2. The lowest BCUT2D eigenvalue weighted by Gasteiger charge is -2.19. The van der Waals surface area contributed by atoms with Crippen molar-refractivity contribution in [3.63, 3.8) is 0 Å². The number of nitrogens with zero attached hydrogens (tertiary/aromatic N) is 1. The van der Waals surface area contributed by atoms with Crippen molar-refractivity contribution in [1.82, 2.24) is 15.8 Å². The van der Waals surface area contributed by atoms with Gasteiger partial charge in [-0.05, 0) is 42.0 Å². The molecule has 0 bridgehead atoms. The van der Waals surface area contributed by atoms with Gasteiger partial charge in [-0.3, -0.25) is 5.01 Å². The van der Waals surface area contributed by atoms with Gasteiger partial charge in [0.05, 0.1) is 25.7 Å². The number of rotatable bonds is 4. The molecule has 3 rings (SSSR count). The van der Waals surface area contributed by atoms with Crippen molar-refractivity contribution in [3.8, 4) is 5.75 Å². The van der Waals surface area contributed by atoms with E-state index in [1.807, 2.05) is 0 Å².